The van der Waals surface area contributed by atoms with Gasteiger partial charge in [-0.2, -0.15) is 0 Å². The van der Waals surface area contributed by atoms with E-state index in [4.69, 9.17) is 0 Å². The van der Waals surface area contributed by atoms with Crippen molar-refractivity contribution in [2.24, 2.45) is 0 Å². The summed E-state index contributed by atoms with van der Waals surface area (Å²) >= 11 is 1.37. The summed E-state index contributed by atoms with van der Waals surface area (Å²) in [5, 5.41) is 20.4. The minimum atomic E-state index is -1.37. The molecule has 104 valence electrons. The quantitative estimate of drug-likeness (QED) is 0.528. The first-order valence-electron chi connectivity index (χ1n) is 6.10. The SMILES string of the molecule is O=C([O-])C1=C(C[n+]2ccccc2)CS[C@@H]2C(O)C(=O)N12. The molecule has 1 unspecified atom stereocenters. The number of aromatic nitrogens is 1. The Kier molecular flexibility index (Phi) is 3.23. The number of carbonyl (C=O) groups excluding carboxylic acids is 2. The van der Waals surface area contributed by atoms with Gasteiger partial charge in [-0.1, -0.05) is 6.07 Å². The van der Waals surface area contributed by atoms with Crippen molar-refractivity contribution in [1.29, 1.82) is 0 Å². The highest BCUT2D eigenvalue weighted by molar-refractivity contribution is 8.00. The van der Waals surface area contributed by atoms with Crippen molar-refractivity contribution < 1.29 is 24.4 Å². The predicted octanol–water partition coefficient (Wildman–Crippen LogP) is -1.75. The van der Waals surface area contributed by atoms with Gasteiger partial charge in [0.2, 0.25) is 0 Å². The molecule has 0 saturated carbocycles. The van der Waals surface area contributed by atoms with E-state index < -0.39 is 23.4 Å². The maximum atomic E-state index is 11.6. The summed E-state index contributed by atoms with van der Waals surface area (Å²) in [6, 6.07) is 5.55. The van der Waals surface area contributed by atoms with E-state index in [1.807, 2.05) is 35.2 Å². The molecule has 0 radical (unpaired) electrons. The Morgan fingerprint density at radius 3 is 2.80 bits per heavy atom. The fourth-order valence-corrected chi connectivity index (χ4v) is 3.66. The van der Waals surface area contributed by atoms with Crippen LogP contribution >= 0.6 is 11.8 Å². The highest BCUT2D eigenvalue weighted by Crippen LogP contribution is 2.39. The van der Waals surface area contributed by atoms with Gasteiger partial charge >= 0.3 is 0 Å². The van der Waals surface area contributed by atoms with E-state index >= 15 is 0 Å². The van der Waals surface area contributed by atoms with Crippen LogP contribution in [0.15, 0.2) is 41.9 Å². The van der Waals surface area contributed by atoms with Crippen LogP contribution in [0.4, 0.5) is 0 Å². The molecule has 7 heteroatoms. The average Bonchev–Trinajstić information content (AvgIpc) is 2.46. The molecule has 3 rings (SSSR count). The van der Waals surface area contributed by atoms with Crippen molar-refractivity contribution in [3.8, 4) is 0 Å². The normalized spacial score (nSPS) is 25.2. The number of thioether (sulfide) groups is 1. The molecule has 1 aromatic rings. The number of β-lactam (4-membered cyclic amide) rings is 1. The van der Waals surface area contributed by atoms with E-state index in [2.05, 4.69) is 0 Å². The highest BCUT2D eigenvalue weighted by Gasteiger charge is 2.51. The summed E-state index contributed by atoms with van der Waals surface area (Å²) < 4.78 is 1.83. The number of amides is 1. The van der Waals surface area contributed by atoms with Gasteiger partial charge in [-0.25, -0.2) is 4.57 Å². The van der Waals surface area contributed by atoms with Gasteiger partial charge in [-0.05, 0) is 0 Å². The third-order valence-electron chi connectivity index (χ3n) is 3.36. The lowest BCUT2D eigenvalue weighted by atomic mass is 10.1. The van der Waals surface area contributed by atoms with E-state index in [0.717, 1.165) is 4.90 Å². The first kappa shape index (κ1) is 13.1. The molecule has 20 heavy (non-hydrogen) atoms. The van der Waals surface area contributed by atoms with Crippen molar-refractivity contribution in [3.05, 3.63) is 41.9 Å². The van der Waals surface area contributed by atoms with Crippen LogP contribution in [-0.4, -0.2) is 39.1 Å². The monoisotopic (exact) mass is 292 g/mol. The standard InChI is InChI=1S/C13H12N2O4S/c16-10-11(17)15-9(13(18)19)8(7-20-12(10)15)6-14-4-2-1-3-5-14/h1-5,10,12,16H,6-7H2/t10?,12-/m1/s1. The summed E-state index contributed by atoms with van der Waals surface area (Å²) in [5.74, 6) is -1.49. The van der Waals surface area contributed by atoms with Crippen LogP contribution in [0, 0.1) is 0 Å². The number of hydrogen-bond acceptors (Lipinski definition) is 5. The number of pyridine rings is 1. The Bertz CT molecular complexity index is 602. The third-order valence-corrected chi connectivity index (χ3v) is 4.69. The molecule has 6 nitrogen and oxygen atoms in total. The molecule has 1 amide bonds. The van der Waals surface area contributed by atoms with Gasteiger partial charge in [0.25, 0.3) is 5.91 Å². The van der Waals surface area contributed by atoms with Gasteiger partial charge in [0.15, 0.2) is 25.0 Å². The van der Waals surface area contributed by atoms with E-state index in [1.54, 1.807) is 0 Å². The second-order valence-corrected chi connectivity index (χ2v) is 5.75. The van der Waals surface area contributed by atoms with Crippen LogP contribution in [0.25, 0.3) is 0 Å². The molecule has 1 saturated heterocycles. The lowest BCUT2D eigenvalue weighted by molar-refractivity contribution is -0.689. The Morgan fingerprint density at radius 1 is 1.45 bits per heavy atom. The van der Waals surface area contributed by atoms with Gasteiger partial charge in [0.1, 0.15) is 5.37 Å². The largest absolute Gasteiger partial charge is 0.543 e. The molecule has 2 aliphatic heterocycles. The van der Waals surface area contributed by atoms with Crippen LogP contribution < -0.4 is 9.67 Å². The van der Waals surface area contributed by atoms with Gasteiger partial charge in [0, 0.05) is 23.5 Å². The highest BCUT2D eigenvalue weighted by atomic mass is 32.2. The number of aliphatic hydroxyl groups is 1. The molecule has 1 aromatic heterocycles. The second kappa shape index (κ2) is 4.92. The summed E-state index contributed by atoms with van der Waals surface area (Å²) in [7, 11) is 0. The molecule has 1 fully saturated rings. The molecule has 0 aromatic carbocycles. The van der Waals surface area contributed by atoms with Crippen LogP contribution in [0.5, 0.6) is 0 Å². The summed E-state index contributed by atoms with van der Waals surface area (Å²) in [6.07, 6.45) is 2.53. The minimum Gasteiger partial charge on any atom is -0.543 e. The number of carboxylic acid groups (broad SMARTS) is 1. The first-order chi connectivity index (χ1) is 9.59. The Morgan fingerprint density at radius 2 is 2.15 bits per heavy atom. The molecule has 0 spiro atoms. The maximum Gasteiger partial charge on any atom is 0.260 e. The van der Waals surface area contributed by atoms with Gasteiger partial charge in [0.05, 0.1) is 11.7 Å². The zero-order valence-corrected chi connectivity index (χ0v) is 11.2. The lowest BCUT2D eigenvalue weighted by Gasteiger charge is -2.48. The molecule has 3 heterocycles. The summed E-state index contributed by atoms with van der Waals surface area (Å²) in [6.45, 7) is 0.379. The number of hydrogen-bond donors (Lipinski definition) is 1. The molecule has 2 atom stereocenters. The summed E-state index contributed by atoms with van der Waals surface area (Å²) in [5.41, 5.74) is 0.517. The van der Waals surface area contributed by atoms with Gasteiger partial charge in [-0.3, -0.25) is 9.69 Å². The van der Waals surface area contributed by atoms with Crippen molar-refractivity contribution in [3.63, 3.8) is 0 Å². The van der Waals surface area contributed by atoms with E-state index in [-0.39, 0.29) is 5.70 Å². The van der Waals surface area contributed by atoms with Crippen LogP contribution in [-0.2, 0) is 16.1 Å². The van der Waals surface area contributed by atoms with Crippen molar-refractivity contribution >= 4 is 23.6 Å². The average molecular weight is 292 g/mol. The Balaban J connectivity index is 1.94. The Labute approximate surface area is 119 Å². The molecule has 2 aliphatic rings. The number of aliphatic carboxylic acids is 1. The zero-order chi connectivity index (χ0) is 14.3. The van der Waals surface area contributed by atoms with Crippen LogP contribution in [0.1, 0.15) is 0 Å². The minimum absolute atomic E-state index is 0.0968. The number of rotatable bonds is 3. The number of aliphatic hydroxyl groups excluding tert-OH is 1. The van der Waals surface area contributed by atoms with Crippen molar-refractivity contribution in [2.45, 2.75) is 18.0 Å². The van der Waals surface area contributed by atoms with Gasteiger partial charge in [-0.15, -0.1) is 11.8 Å². The predicted molar refractivity (Wildman–Crippen MR) is 67.8 cm³/mol. The van der Waals surface area contributed by atoms with Crippen molar-refractivity contribution in [2.75, 3.05) is 5.75 Å². The number of carbonyl (C=O) groups is 2. The van der Waals surface area contributed by atoms with Gasteiger partial charge < -0.3 is 15.0 Å². The van der Waals surface area contributed by atoms with Crippen LogP contribution in [0.2, 0.25) is 0 Å². The molecular weight excluding hydrogens is 280 g/mol. The second-order valence-electron chi connectivity index (χ2n) is 4.64. The van der Waals surface area contributed by atoms with E-state index in [0.29, 0.717) is 17.9 Å². The van der Waals surface area contributed by atoms with E-state index in [9.17, 15) is 19.8 Å². The number of carboxylic acids is 1. The molecule has 0 aliphatic carbocycles. The molecule has 1 N–H and O–H groups in total. The topological polar surface area (TPSA) is 84.5 Å². The fourth-order valence-electron chi connectivity index (χ4n) is 2.40. The smallest absolute Gasteiger partial charge is 0.260 e. The lowest BCUT2D eigenvalue weighted by Crippen LogP contribution is -2.66. The first-order valence-corrected chi connectivity index (χ1v) is 7.14. The number of nitrogens with zero attached hydrogens (tertiary/aromatic N) is 2. The number of fused-ring (bicyclic) bond motifs is 1. The third kappa shape index (κ3) is 1.99. The molecular formula is C13H12N2O4S. The molecule has 0 bridgehead atoms. The van der Waals surface area contributed by atoms with Crippen molar-refractivity contribution in [1.82, 2.24) is 4.90 Å². The fraction of sp³-hybridized carbons (Fsp3) is 0.308. The maximum absolute atomic E-state index is 11.6. The Hall–Kier alpha value is -1.86. The zero-order valence-electron chi connectivity index (χ0n) is 10.4. The van der Waals surface area contributed by atoms with E-state index in [1.165, 1.54) is 11.8 Å². The summed E-state index contributed by atoms with van der Waals surface area (Å²) in [4.78, 5) is 24.1. The van der Waals surface area contributed by atoms with Crippen LogP contribution in [0.3, 0.4) is 0 Å².